The highest BCUT2D eigenvalue weighted by molar-refractivity contribution is 5.96. The van der Waals surface area contributed by atoms with Crippen LogP contribution >= 0.6 is 0 Å². The molecule has 0 saturated heterocycles. The highest BCUT2D eigenvalue weighted by Crippen LogP contribution is 2.31. The molecule has 0 spiro atoms. The fraction of sp³-hybridized carbons (Fsp3) is 0.172. The van der Waals surface area contributed by atoms with Crippen LogP contribution in [0.5, 0.6) is 0 Å². The van der Waals surface area contributed by atoms with E-state index in [0.29, 0.717) is 40.4 Å². The van der Waals surface area contributed by atoms with Gasteiger partial charge in [-0.15, -0.1) is 0 Å². The Bertz CT molecular complexity index is 1830. The van der Waals surface area contributed by atoms with E-state index >= 15 is 0 Å². The van der Waals surface area contributed by atoms with Crippen molar-refractivity contribution in [1.82, 2.24) is 35.1 Å². The van der Waals surface area contributed by atoms with E-state index in [1.807, 2.05) is 39.0 Å². The lowest BCUT2D eigenvalue weighted by molar-refractivity contribution is -0.117. The molecule has 194 valence electrons. The van der Waals surface area contributed by atoms with Crippen molar-refractivity contribution >= 4 is 33.7 Å². The predicted molar refractivity (Wildman–Crippen MR) is 148 cm³/mol. The van der Waals surface area contributed by atoms with Crippen LogP contribution in [0.2, 0.25) is 0 Å². The summed E-state index contributed by atoms with van der Waals surface area (Å²) in [5.41, 5.74) is 6.85. The molecule has 9 nitrogen and oxygen atoms in total. The maximum Gasteiger partial charge on any atom is 0.224 e. The van der Waals surface area contributed by atoms with Crippen LogP contribution < -0.4 is 5.32 Å². The monoisotopic (exact) mass is 520 g/mol. The van der Waals surface area contributed by atoms with E-state index in [1.165, 1.54) is 12.1 Å². The number of imidazole rings is 1. The Morgan fingerprint density at radius 1 is 0.897 bits per heavy atom. The van der Waals surface area contributed by atoms with Gasteiger partial charge in [0.05, 0.1) is 40.3 Å². The first-order chi connectivity index (χ1) is 18.7. The standard InChI is InChI=1S/C29H25FN8O/c1-29(2,3)11-24(39)33-19-10-17(12-31-13-19)21-8-9-22-26(34-21)27(38-37-22)28-35-23-15-32-14-20(25(23)36-28)16-4-6-18(30)7-5-16/h4-10,12-15H,11H2,1-3H3,(H,33,39)(H,35,36)(H,37,38). The van der Waals surface area contributed by atoms with Crippen molar-refractivity contribution < 1.29 is 9.18 Å². The van der Waals surface area contributed by atoms with Crippen LogP contribution in [-0.4, -0.2) is 41.0 Å². The second kappa shape index (κ2) is 9.39. The number of amides is 1. The van der Waals surface area contributed by atoms with Crippen LogP contribution in [0.1, 0.15) is 27.2 Å². The fourth-order valence-corrected chi connectivity index (χ4v) is 4.45. The van der Waals surface area contributed by atoms with E-state index in [0.717, 1.165) is 27.7 Å². The lowest BCUT2D eigenvalue weighted by Gasteiger charge is -2.17. The first-order valence-corrected chi connectivity index (χ1v) is 12.4. The van der Waals surface area contributed by atoms with Crippen molar-refractivity contribution in [3.63, 3.8) is 0 Å². The zero-order valence-electron chi connectivity index (χ0n) is 21.6. The van der Waals surface area contributed by atoms with E-state index in [2.05, 4.69) is 30.5 Å². The van der Waals surface area contributed by atoms with Crippen LogP contribution in [0.15, 0.2) is 67.3 Å². The number of hydrogen-bond donors (Lipinski definition) is 3. The average molecular weight is 521 g/mol. The summed E-state index contributed by atoms with van der Waals surface area (Å²) in [6.45, 7) is 6.06. The maximum atomic E-state index is 13.5. The quantitative estimate of drug-likeness (QED) is 0.251. The van der Waals surface area contributed by atoms with Gasteiger partial charge in [-0.3, -0.25) is 19.9 Å². The lowest BCUT2D eigenvalue weighted by Crippen LogP contribution is -2.19. The average Bonchev–Trinajstić information content (AvgIpc) is 3.52. The van der Waals surface area contributed by atoms with Crippen LogP contribution in [0, 0.1) is 11.2 Å². The molecule has 1 aromatic carbocycles. The molecular weight excluding hydrogens is 495 g/mol. The number of aromatic nitrogens is 7. The number of halogens is 1. The smallest absolute Gasteiger partial charge is 0.224 e. The van der Waals surface area contributed by atoms with Gasteiger partial charge in [-0.2, -0.15) is 5.10 Å². The Hall–Kier alpha value is -4.99. The van der Waals surface area contributed by atoms with Gasteiger partial charge in [0, 0.05) is 29.9 Å². The minimum atomic E-state index is -0.306. The molecule has 6 rings (SSSR count). The first-order valence-electron chi connectivity index (χ1n) is 12.4. The number of carbonyl (C=O) groups is 1. The van der Waals surface area contributed by atoms with Crippen molar-refractivity contribution in [3.05, 3.63) is 73.1 Å². The Morgan fingerprint density at radius 2 is 1.69 bits per heavy atom. The third kappa shape index (κ3) is 4.96. The van der Waals surface area contributed by atoms with Crippen LogP contribution in [0.25, 0.3) is 56.0 Å². The molecule has 0 radical (unpaired) electrons. The van der Waals surface area contributed by atoms with Gasteiger partial charge >= 0.3 is 0 Å². The van der Waals surface area contributed by atoms with Gasteiger partial charge in [-0.05, 0) is 41.3 Å². The van der Waals surface area contributed by atoms with E-state index in [9.17, 15) is 9.18 Å². The minimum Gasteiger partial charge on any atom is -0.335 e. The molecule has 0 aliphatic heterocycles. The van der Waals surface area contributed by atoms with Gasteiger partial charge in [0.25, 0.3) is 0 Å². The fourth-order valence-electron chi connectivity index (χ4n) is 4.45. The number of fused-ring (bicyclic) bond motifs is 2. The topological polar surface area (TPSA) is 125 Å². The molecule has 0 saturated carbocycles. The number of hydrogen-bond acceptors (Lipinski definition) is 6. The number of nitrogens with one attached hydrogen (secondary N) is 3. The Kier molecular flexibility index (Phi) is 5.86. The van der Waals surface area contributed by atoms with E-state index in [4.69, 9.17) is 9.97 Å². The highest BCUT2D eigenvalue weighted by Gasteiger charge is 2.18. The minimum absolute atomic E-state index is 0.0682. The van der Waals surface area contributed by atoms with Crippen molar-refractivity contribution in [2.75, 3.05) is 5.32 Å². The molecule has 3 N–H and O–H groups in total. The summed E-state index contributed by atoms with van der Waals surface area (Å²) in [6, 6.07) is 11.8. The summed E-state index contributed by atoms with van der Waals surface area (Å²) in [5, 5.41) is 10.4. The largest absolute Gasteiger partial charge is 0.335 e. The van der Waals surface area contributed by atoms with E-state index in [-0.39, 0.29) is 17.1 Å². The van der Waals surface area contributed by atoms with E-state index < -0.39 is 0 Å². The number of benzene rings is 1. The van der Waals surface area contributed by atoms with Gasteiger partial charge in [0.2, 0.25) is 5.91 Å². The molecule has 0 bridgehead atoms. The van der Waals surface area contributed by atoms with Crippen LogP contribution in [-0.2, 0) is 4.79 Å². The first kappa shape index (κ1) is 24.4. The summed E-state index contributed by atoms with van der Waals surface area (Å²) in [6.07, 6.45) is 7.12. The van der Waals surface area contributed by atoms with E-state index in [1.54, 1.807) is 36.9 Å². The number of rotatable bonds is 5. The Morgan fingerprint density at radius 3 is 2.49 bits per heavy atom. The molecule has 5 aromatic heterocycles. The third-order valence-electron chi connectivity index (χ3n) is 6.19. The van der Waals surface area contributed by atoms with Crippen molar-refractivity contribution in [2.24, 2.45) is 5.41 Å². The summed E-state index contributed by atoms with van der Waals surface area (Å²) in [4.78, 5) is 34.0. The summed E-state index contributed by atoms with van der Waals surface area (Å²) < 4.78 is 13.5. The summed E-state index contributed by atoms with van der Waals surface area (Å²) >= 11 is 0. The molecule has 0 unspecified atom stereocenters. The number of carbonyl (C=O) groups excluding carboxylic acids is 1. The predicted octanol–water partition coefficient (Wildman–Crippen LogP) is 6.14. The van der Waals surface area contributed by atoms with Gasteiger partial charge in [0.1, 0.15) is 11.3 Å². The molecule has 0 aliphatic rings. The Labute approximate surface area is 223 Å². The molecule has 1 amide bonds. The van der Waals surface area contributed by atoms with Gasteiger partial charge in [0.15, 0.2) is 11.5 Å². The number of anilines is 1. The summed E-state index contributed by atoms with van der Waals surface area (Å²) in [7, 11) is 0. The normalized spacial score (nSPS) is 11.8. The van der Waals surface area contributed by atoms with Crippen molar-refractivity contribution in [2.45, 2.75) is 27.2 Å². The SMILES string of the molecule is CC(C)(C)CC(=O)Nc1cncc(-c2ccc3[nH]nc(-c4nc5c(-c6ccc(F)cc6)cncc5[nH]4)c3n2)c1. The lowest BCUT2D eigenvalue weighted by atomic mass is 9.92. The highest BCUT2D eigenvalue weighted by atomic mass is 19.1. The van der Waals surface area contributed by atoms with Gasteiger partial charge < -0.3 is 10.3 Å². The molecular formula is C29H25FN8O. The second-order valence-corrected chi connectivity index (χ2v) is 10.6. The molecule has 0 fully saturated rings. The molecule has 0 aliphatic carbocycles. The molecule has 10 heteroatoms. The number of H-pyrrole nitrogens is 2. The zero-order chi connectivity index (χ0) is 27.1. The second-order valence-electron chi connectivity index (χ2n) is 10.6. The number of nitrogens with zero attached hydrogens (tertiary/aromatic N) is 5. The van der Waals surface area contributed by atoms with Crippen molar-refractivity contribution in [1.29, 1.82) is 0 Å². The molecule has 5 heterocycles. The van der Waals surface area contributed by atoms with Crippen LogP contribution in [0.3, 0.4) is 0 Å². The Balaban J connectivity index is 1.36. The summed E-state index contributed by atoms with van der Waals surface area (Å²) in [5.74, 6) is 0.152. The number of pyridine rings is 3. The maximum absolute atomic E-state index is 13.5. The van der Waals surface area contributed by atoms with Gasteiger partial charge in [-0.1, -0.05) is 32.9 Å². The number of aromatic amines is 2. The molecule has 6 aromatic rings. The van der Waals surface area contributed by atoms with Crippen molar-refractivity contribution in [3.8, 4) is 33.9 Å². The zero-order valence-corrected chi connectivity index (χ0v) is 21.6. The van der Waals surface area contributed by atoms with Gasteiger partial charge in [-0.25, -0.2) is 14.4 Å². The molecule has 0 atom stereocenters. The van der Waals surface area contributed by atoms with Crippen LogP contribution in [0.4, 0.5) is 10.1 Å². The molecule has 39 heavy (non-hydrogen) atoms. The third-order valence-corrected chi connectivity index (χ3v) is 6.19.